The lowest BCUT2D eigenvalue weighted by Crippen LogP contribution is -2.13. The summed E-state index contributed by atoms with van der Waals surface area (Å²) < 4.78 is 6.54. The summed E-state index contributed by atoms with van der Waals surface area (Å²) in [4.78, 5) is 11.2. The fourth-order valence-electron chi connectivity index (χ4n) is 1.63. The van der Waals surface area contributed by atoms with E-state index in [0.29, 0.717) is 17.2 Å². The number of benzene rings is 2. The number of carbonyl (C=O) groups excluding carboxylic acids is 1. The summed E-state index contributed by atoms with van der Waals surface area (Å²) in [6, 6.07) is 10.5. The van der Waals surface area contributed by atoms with Crippen molar-refractivity contribution in [1.29, 1.82) is 0 Å². The molecule has 2 aromatic rings. The Balaban J connectivity index is 2.33. The summed E-state index contributed by atoms with van der Waals surface area (Å²) in [5.41, 5.74) is 12.6. The minimum Gasteiger partial charge on any atom is -0.456 e. The van der Waals surface area contributed by atoms with Crippen LogP contribution in [0.2, 0.25) is 0 Å². The lowest BCUT2D eigenvalue weighted by molar-refractivity contribution is 0.100. The van der Waals surface area contributed by atoms with Gasteiger partial charge in [0.2, 0.25) is 0 Å². The van der Waals surface area contributed by atoms with E-state index in [2.05, 4.69) is 15.9 Å². The Morgan fingerprint density at radius 1 is 1.21 bits per heavy atom. The van der Waals surface area contributed by atoms with E-state index in [4.69, 9.17) is 16.2 Å². The Morgan fingerprint density at radius 3 is 2.58 bits per heavy atom. The van der Waals surface area contributed by atoms with E-state index in [9.17, 15) is 4.79 Å². The molecule has 0 aliphatic heterocycles. The number of hydrogen-bond acceptors (Lipinski definition) is 3. The van der Waals surface area contributed by atoms with Crippen molar-refractivity contribution in [2.45, 2.75) is 6.92 Å². The zero-order valence-electron chi connectivity index (χ0n) is 10.3. The summed E-state index contributed by atoms with van der Waals surface area (Å²) in [6.45, 7) is 1.99. The number of nitrogens with two attached hydrogens (primary N) is 2. The lowest BCUT2D eigenvalue weighted by atomic mass is 10.1. The third-order valence-corrected chi connectivity index (χ3v) is 3.23. The largest absolute Gasteiger partial charge is 0.456 e. The van der Waals surface area contributed by atoms with Gasteiger partial charge >= 0.3 is 0 Å². The Bertz CT molecular complexity index is 641. The second-order valence-electron chi connectivity index (χ2n) is 4.15. The molecular weight excluding hydrogens is 308 g/mol. The number of aryl methyl sites for hydroxylation is 1. The first-order valence-corrected chi connectivity index (χ1v) is 6.40. The molecule has 0 aromatic heterocycles. The molecule has 5 heteroatoms. The number of halogens is 1. The second-order valence-corrected chi connectivity index (χ2v) is 5.00. The first-order valence-electron chi connectivity index (χ1n) is 5.60. The highest BCUT2D eigenvalue weighted by Gasteiger charge is 2.09. The van der Waals surface area contributed by atoms with E-state index in [1.807, 2.05) is 25.1 Å². The van der Waals surface area contributed by atoms with Gasteiger partial charge in [-0.3, -0.25) is 4.79 Å². The molecule has 0 saturated carbocycles. The maximum absolute atomic E-state index is 11.2. The Kier molecular flexibility index (Phi) is 3.76. The number of amides is 1. The molecule has 0 aliphatic rings. The van der Waals surface area contributed by atoms with Crippen LogP contribution in [0.3, 0.4) is 0 Å². The third-order valence-electron chi connectivity index (χ3n) is 2.61. The molecule has 2 rings (SSSR count). The second kappa shape index (κ2) is 5.32. The highest BCUT2D eigenvalue weighted by atomic mass is 79.9. The molecule has 4 N–H and O–H groups in total. The molecule has 0 bridgehead atoms. The summed E-state index contributed by atoms with van der Waals surface area (Å²) in [6.07, 6.45) is 0. The van der Waals surface area contributed by atoms with Crippen molar-refractivity contribution in [3.8, 4) is 11.5 Å². The van der Waals surface area contributed by atoms with Crippen molar-refractivity contribution in [1.82, 2.24) is 0 Å². The number of hydrogen-bond donors (Lipinski definition) is 2. The molecule has 98 valence electrons. The average molecular weight is 321 g/mol. The molecule has 0 saturated heterocycles. The molecule has 4 nitrogen and oxygen atoms in total. The minimum absolute atomic E-state index is 0.251. The molecule has 2 aromatic carbocycles. The fraction of sp³-hybridized carbons (Fsp3) is 0.0714. The van der Waals surface area contributed by atoms with Crippen LogP contribution in [0.4, 0.5) is 5.69 Å². The van der Waals surface area contributed by atoms with Gasteiger partial charge in [-0.2, -0.15) is 0 Å². The van der Waals surface area contributed by atoms with Gasteiger partial charge in [0.15, 0.2) is 0 Å². The predicted molar refractivity (Wildman–Crippen MR) is 78.3 cm³/mol. The average Bonchev–Trinajstić information content (AvgIpc) is 2.34. The molecule has 0 radical (unpaired) electrons. The molecule has 0 fully saturated rings. The van der Waals surface area contributed by atoms with Crippen LogP contribution in [0.5, 0.6) is 11.5 Å². The van der Waals surface area contributed by atoms with Crippen molar-refractivity contribution >= 4 is 27.5 Å². The summed E-state index contributed by atoms with van der Waals surface area (Å²) >= 11 is 3.43. The smallest absolute Gasteiger partial charge is 0.250 e. The van der Waals surface area contributed by atoms with Crippen molar-refractivity contribution < 1.29 is 9.53 Å². The van der Waals surface area contributed by atoms with Crippen LogP contribution in [0.1, 0.15) is 15.9 Å². The molecule has 1 amide bonds. The van der Waals surface area contributed by atoms with Crippen LogP contribution >= 0.6 is 15.9 Å². The van der Waals surface area contributed by atoms with Gasteiger partial charge in [-0.1, -0.05) is 6.07 Å². The quantitative estimate of drug-likeness (QED) is 0.852. The van der Waals surface area contributed by atoms with Crippen LogP contribution in [-0.2, 0) is 0 Å². The topological polar surface area (TPSA) is 78.3 Å². The molecular formula is C14H13BrN2O2. The normalized spacial score (nSPS) is 10.2. The van der Waals surface area contributed by atoms with Crippen molar-refractivity contribution in [2.24, 2.45) is 5.73 Å². The predicted octanol–water partition coefficient (Wildman–Crippen LogP) is 3.23. The summed E-state index contributed by atoms with van der Waals surface area (Å²) in [5.74, 6) is 0.587. The van der Waals surface area contributed by atoms with Crippen LogP contribution < -0.4 is 16.2 Å². The van der Waals surface area contributed by atoms with Gasteiger partial charge in [0, 0.05) is 5.69 Å². The monoisotopic (exact) mass is 320 g/mol. The van der Waals surface area contributed by atoms with Gasteiger partial charge in [-0.15, -0.1) is 0 Å². The highest BCUT2D eigenvalue weighted by molar-refractivity contribution is 9.10. The van der Waals surface area contributed by atoms with E-state index in [1.54, 1.807) is 12.1 Å². The number of carbonyl (C=O) groups is 1. The standard InChI is InChI=1S/C14H13BrN2O2/c1-8-2-5-13(11(15)6-8)19-9-3-4-12(16)10(7-9)14(17)18/h2-7H,16H2,1H3,(H2,17,18). The molecule has 19 heavy (non-hydrogen) atoms. The van der Waals surface area contributed by atoms with Crippen LogP contribution in [0, 0.1) is 6.92 Å². The highest BCUT2D eigenvalue weighted by Crippen LogP contribution is 2.31. The molecule has 0 atom stereocenters. The zero-order valence-corrected chi connectivity index (χ0v) is 11.9. The molecule has 0 unspecified atom stereocenters. The van der Waals surface area contributed by atoms with E-state index in [1.165, 1.54) is 6.07 Å². The van der Waals surface area contributed by atoms with Crippen LogP contribution in [0.15, 0.2) is 40.9 Å². The van der Waals surface area contributed by atoms with Crippen molar-refractivity contribution in [3.63, 3.8) is 0 Å². The first kappa shape index (κ1) is 13.4. The SMILES string of the molecule is Cc1ccc(Oc2ccc(N)c(C(N)=O)c2)c(Br)c1. The molecule has 0 aliphatic carbocycles. The van der Waals surface area contributed by atoms with E-state index in [0.717, 1.165) is 10.0 Å². The van der Waals surface area contributed by atoms with E-state index < -0.39 is 5.91 Å². The minimum atomic E-state index is -0.578. The van der Waals surface area contributed by atoms with Crippen LogP contribution in [0.25, 0.3) is 0 Å². The van der Waals surface area contributed by atoms with Crippen molar-refractivity contribution in [2.75, 3.05) is 5.73 Å². The number of rotatable bonds is 3. The Morgan fingerprint density at radius 2 is 1.95 bits per heavy atom. The summed E-state index contributed by atoms with van der Waals surface area (Å²) in [7, 11) is 0. The number of ether oxygens (including phenoxy) is 1. The molecule has 0 heterocycles. The fourth-order valence-corrected chi connectivity index (χ4v) is 2.20. The first-order chi connectivity index (χ1) is 8.97. The zero-order chi connectivity index (χ0) is 14.0. The Hall–Kier alpha value is -2.01. The van der Waals surface area contributed by atoms with Gasteiger partial charge in [0.05, 0.1) is 10.0 Å². The van der Waals surface area contributed by atoms with Gasteiger partial charge < -0.3 is 16.2 Å². The van der Waals surface area contributed by atoms with Gasteiger partial charge in [-0.05, 0) is 58.7 Å². The van der Waals surface area contributed by atoms with Crippen molar-refractivity contribution in [3.05, 3.63) is 52.0 Å². The number of primary amides is 1. The van der Waals surface area contributed by atoms with Crippen LogP contribution in [-0.4, -0.2) is 5.91 Å². The Labute approximate surface area is 119 Å². The number of anilines is 1. The van der Waals surface area contributed by atoms with Gasteiger partial charge in [-0.25, -0.2) is 0 Å². The van der Waals surface area contributed by atoms with Gasteiger partial charge in [0.1, 0.15) is 11.5 Å². The van der Waals surface area contributed by atoms with E-state index >= 15 is 0 Å². The maximum atomic E-state index is 11.2. The molecule has 0 spiro atoms. The summed E-state index contributed by atoms with van der Waals surface area (Å²) in [5, 5.41) is 0. The maximum Gasteiger partial charge on any atom is 0.250 e. The van der Waals surface area contributed by atoms with E-state index in [-0.39, 0.29) is 5.56 Å². The third kappa shape index (κ3) is 3.06. The van der Waals surface area contributed by atoms with Gasteiger partial charge in [0.25, 0.3) is 5.91 Å². The lowest BCUT2D eigenvalue weighted by Gasteiger charge is -2.10. The number of nitrogen functional groups attached to an aromatic ring is 1.